The largest absolute Gasteiger partial charge is 0.305 e. The first kappa shape index (κ1) is 14.7. The topological polar surface area (TPSA) is 42.3 Å². The SMILES string of the molecule is CC(=O)n1cc(C(=O)N2c3ccccc3CC2C)c2ccccc21. The molecular weight excluding hydrogens is 300 g/mol. The zero-order valence-electron chi connectivity index (χ0n) is 13.7. The summed E-state index contributed by atoms with van der Waals surface area (Å²) in [5, 5.41) is 0.814. The number of carbonyl (C=O) groups excluding carboxylic acids is 2. The van der Waals surface area contributed by atoms with Crippen molar-refractivity contribution in [2.24, 2.45) is 0 Å². The second-order valence-electron chi connectivity index (χ2n) is 6.31. The molecule has 1 aliphatic rings. The monoisotopic (exact) mass is 318 g/mol. The van der Waals surface area contributed by atoms with E-state index in [2.05, 4.69) is 13.0 Å². The van der Waals surface area contributed by atoms with Crippen molar-refractivity contribution < 1.29 is 9.59 Å². The van der Waals surface area contributed by atoms with Gasteiger partial charge < -0.3 is 4.90 Å². The van der Waals surface area contributed by atoms with Crippen molar-refractivity contribution in [1.82, 2.24) is 4.57 Å². The van der Waals surface area contributed by atoms with Crippen molar-refractivity contribution in [3.63, 3.8) is 0 Å². The fourth-order valence-electron chi connectivity index (χ4n) is 3.62. The number of aromatic nitrogens is 1. The minimum absolute atomic E-state index is 0.0522. The molecule has 2 heterocycles. The maximum atomic E-state index is 13.3. The molecule has 0 aliphatic carbocycles. The number of rotatable bonds is 1. The van der Waals surface area contributed by atoms with Gasteiger partial charge in [0.25, 0.3) is 5.91 Å². The highest BCUT2D eigenvalue weighted by Gasteiger charge is 2.32. The molecule has 0 fully saturated rings. The zero-order chi connectivity index (χ0) is 16.8. The van der Waals surface area contributed by atoms with Crippen LogP contribution in [0.4, 0.5) is 5.69 Å². The highest BCUT2D eigenvalue weighted by molar-refractivity contribution is 6.16. The minimum Gasteiger partial charge on any atom is -0.305 e. The second-order valence-corrected chi connectivity index (χ2v) is 6.31. The van der Waals surface area contributed by atoms with E-state index in [1.54, 1.807) is 10.8 Å². The van der Waals surface area contributed by atoms with Gasteiger partial charge in [0.15, 0.2) is 0 Å². The normalized spacial score (nSPS) is 16.4. The number of hydrogen-bond acceptors (Lipinski definition) is 2. The highest BCUT2D eigenvalue weighted by atomic mass is 16.2. The molecule has 1 aromatic heterocycles. The summed E-state index contributed by atoms with van der Waals surface area (Å²) < 4.78 is 1.55. The molecule has 24 heavy (non-hydrogen) atoms. The molecule has 0 saturated heterocycles. The van der Waals surface area contributed by atoms with Crippen LogP contribution in [0.1, 0.15) is 34.6 Å². The summed E-state index contributed by atoms with van der Waals surface area (Å²) in [6, 6.07) is 15.7. The molecule has 3 aromatic rings. The van der Waals surface area contributed by atoms with Crippen LogP contribution < -0.4 is 4.90 Å². The average molecular weight is 318 g/mol. The first-order valence-electron chi connectivity index (χ1n) is 8.10. The van der Waals surface area contributed by atoms with Gasteiger partial charge in [-0.25, -0.2) is 0 Å². The van der Waals surface area contributed by atoms with Crippen molar-refractivity contribution in [1.29, 1.82) is 0 Å². The number of anilines is 1. The lowest BCUT2D eigenvalue weighted by Gasteiger charge is -2.22. The van der Waals surface area contributed by atoms with E-state index in [9.17, 15) is 9.59 Å². The predicted octanol–water partition coefficient (Wildman–Crippen LogP) is 3.89. The molecule has 0 radical (unpaired) electrons. The lowest BCUT2D eigenvalue weighted by Crippen LogP contribution is -2.35. The van der Waals surface area contributed by atoms with Gasteiger partial charge in [-0.3, -0.25) is 14.2 Å². The lowest BCUT2D eigenvalue weighted by molar-refractivity contribution is 0.0941. The fraction of sp³-hybridized carbons (Fsp3) is 0.200. The van der Waals surface area contributed by atoms with Crippen LogP contribution in [0.15, 0.2) is 54.7 Å². The Labute approximate surface area is 140 Å². The maximum absolute atomic E-state index is 13.3. The van der Waals surface area contributed by atoms with E-state index in [-0.39, 0.29) is 17.9 Å². The zero-order valence-corrected chi connectivity index (χ0v) is 13.7. The summed E-state index contributed by atoms with van der Waals surface area (Å²) in [5.74, 6) is -0.149. The van der Waals surface area contributed by atoms with Crippen LogP contribution >= 0.6 is 0 Å². The molecule has 120 valence electrons. The maximum Gasteiger partial charge on any atom is 0.260 e. The summed E-state index contributed by atoms with van der Waals surface area (Å²) in [6.45, 7) is 3.57. The Kier molecular flexibility index (Phi) is 3.27. The average Bonchev–Trinajstić information content (AvgIpc) is 3.11. The molecule has 4 heteroatoms. The standard InChI is InChI=1S/C20H18N2O2/c1-13-11-15-7-3-5-9-18(15)22(13)20(24)17-12-21(14(2)23)19-10-6-4-8-16(17)19/h3-10,12-13H,11H2,1-2H3. The number of amides is 1. The number of fused-ring (bicyclic) bond motifs is 2. The predicted molar refractivity (Wildman–Crippen MR) is 94.7 cm³/mol. The first-order chi connectivity index (χ1) is 11.6. The van der Waals surface area contributed by atoms with Gasteiger partial charge in [-0.05, 0) is 31.0 Å². The molecule has 1 unspecified atom stereocenters. The van der Waals surface area contributed by atoms with E-state index in [4.69, 9.17) is 0 Å². The number of nitrogens with zero attached hydrogens (tertiary/aromatic N) is 2. The van der Waals surface area contributed by atoms with Gasteiger partial charge in [0.2, 0.25) is 5.91 Å². The van der Waals surface area contributed by atoms with Gasteiger partial charge in [0.05, 0.1) is 11.1 Å². The molecule has 1 amide bonds. The third-order valence-corrected chi connectivity index (χ3v) is 4.71. The molecule has 1 aliphatic heterocycles. The number of carbonyl (C=O) groups is 2. The summed E-state index contributed by atoms with van der Waals surface area (Å²) in [7, 11) is 0. The Morgan fingerprint density at radius 3 is 2.54 bits per heavy atom. The van der Waals surface area contributed by atoms with Crippen LogP contribution in [-0.2, 0) is 6.42 Å². The minimum atomic E-state index is -0.0971. The molecule has 0 saturated carbocycles. The Bertz CT molecular complexity index is 971. The van der Waals surface area contributed by atoms with E-state index in [1.807, 2.05) is 47.4 Å². The number of para-hydroxylation sites is 2. The Hall–Kier alpha value is -2.88. The van der Waals surface area contributed by atoms with Crippen LogP contribution in [0.5, 0.6) is 0 Å². The van der Waals surface area contributed by atoms with Crippen LogP contribution in [0.2, 0.25) is 0 Å². The van der Waals surface area contributed by atoms with Gasteiger partial charge in [-0.15, -0.1) is 0 Å². The molecular formula is C20H18N2O2. The fourth-order valence-corrected chi connectivity index (χ4v) is 3.62. The van der Waals surface area contributed by atoms with Gasteiger partial charge in [0, 0.05) is 30.2 Å². The first-order valence-corrected chi connectivity index (χ1v) is 8.10. The third kappa shape index (κ3) is 2.07. The van der Waals surface area contributed by atoms with Gasteiger partial charge in [-0.1, -0.05) is 36.4 Å². The van der Waals surface area contributed by atoms with E-state index >= 15 is 0 Å². The molecule has 2 aromatic carbocycles. The van der Waals surface area contributed by atoms with Gasteiger partial charge in [0.1, 0.15) is 0 Å². The number of benzene rings is 2. The van der Waals surface area contributed by atoms with Gasteiger partial charge in [-0.2, -0.15) is 0 Å². The van der Waals surface area contributed by atoms with Crippen molar-refractivity contribution >= 4 is 28.4 Å². The number of hydrogen-bond donors (Lipinski definition) is 0. The van der Waals surface area contributed by atoms with E-state index in [1.165, 1.54) is 12.5 Å². The Balaban J connectivity index is 1.87. The Morgan fingerprint density at radius 2 is 1.75 bits per heavy atom. The summed E-state index contributed by atoms with van der Waals surface area (Å²) in [5.41, 5.74) is 3.50. The van der Waals surface area contributed by atoms with Crippen molar-refractivity contribution in [2.45, 2.75) is 26.3 Å². The van der Waals surface area contributed by atoms with Crippen LogP contribution in [-0.4, -0.2) is 22.4 Å². The Morgan fingerprint density at radius 1 is 1.04 bits per heavy atom. The summed E-state index contributed by atoms with van der Waals surface area (Å²) in [4.78, 5) is 27.0. The van der Waals surface area contributed by atoms with E-state index in [0.717, 1.165) is 23.0 Å². The van der Waals surface area contributed by atoms with Crippen LogP contribution in [0, 0.1) is 0 Å². The second kappa shape index (κ2) is 5.34. The molecule has 4 rings (SSSR count). The van der Waals surface area contributed by atoms with Gasteiger partial charge >= 0.3 is 0 Å². The van der Waals surface area contributed by atoms with Crippen LogP contribution in [0.25, 0.3) is 10.9 Å². The van der Waals surface area contributed by atoms with Crippen molar-refractivity contribution in [3.05, 3.63) is 65.9 Å². The van der Waals surface area contributed by atoms with E-state index < -0.39 is 0 Å². The molecule has 1 atom stereocenters. The summed E-state index contributed by atoms with van der Waals surface area (Å²) >= 11 is 0. The highest BCUT2D eigenvalue weighted by Crippen LogP contribution is 2.34. The molecule has 4 nitrogen and oxygen atoms in total. The van der Waals surface area contributed by atoms with E-state index in [0.29, 0.717) is 5.56 Å². The van der Waals surface area contributed by atoms with Crippen molar-refractivity contribution in [2.75, 3.05) is 4.90 Å². The molecule has 0 spiro atoms. The lowest BCUT2D eigenvalue weighted by atomic mass is 10.1. The summed E-state index contributed by atoms with van der Waals surface area (Å²) in [6.07, 6.45) is 2.52. The third-order valence-electron chi connectivity index (χ3n) is 4.71. The quantitative estimate of drug-likeness (QED) is 0.683. The molecule has 0 N–H and O–H groups in total. The molecule has 0 bridgehead atoms. The van der Waals surface area contributed by atoms with Crippen LogP contribution in [0.3, 0.4) is 0 Å². The van der Waals surface area contributed by atoms with Crippen molar-refractivity contribution in [3.8, 4) is 0 Å². The smallest absolute Gasteiger partial charge is 0.260 e.